The third kappa shape index (κ3) is 2.62. The van der Waals surface area contributed by atoms with Gasteiger partial charge in [0.1, 0.15) is 5.69 Å². The number of nitrogens with one attached hydrogen (secondary N) is 1. The summed E-state index contributed by atoms with van der Waals surface area (Å²) >= 11 is 6.17. The number of halogens is 1. The summed E-state index contributed by atoms with van der Waals surface area (Å²) in [7, 11) is 1.86. The van der Waals surface area contributed by atoms with Gasteiger partial charge in [-0.1, -0.05) is 17.7 Å². The zero-order valence-corrected chi connectivity index (χ0v) is 12.3. The van der Waals surface area contributed by atoms with Crippen LogP contribution in [0.25, 0.3) is 10.9 Å². The number of aromatic nitrogens is 2. The fourth-order valence-electron chi connectivity index (χ4n) is 2.32. The molecule has 0 atom stereocenters. The maximum Gasteiger partial charge on any atom is 0.268 e. The molecule has 3 aromatic rings. The van der Waals surface area contributed by atoms with Crippen molar-refractivity contribution in [2.24, 2.45) is 7.05 Å². The van der Waals surface area contributed by atoms with Gasteiger partial charge in [0, 0.05) is 41.9 Å². The minimum atomic E-state index is -0.124. The van der Waals surface area contributed by atoms with Crippen LogP contribution in [0.1, 0.15) is 16.1 Å². The molecule has 106 valence electrons. The monoisotopic (exact) mass is 299 g/mol. The van der Waals surface area contributed by atoms with Crippen molar-refractivity contribution in [1.29, 1.82) is 0 Å². The van der Waals surface area contributed by atoms with Crippen LogP contribution in [-0.4, -0.2) is 15.5 Å². The van der Waals surface area contributed by atoms with E-state index in [-0.39, 0.29) is 5.91 Å². The summed E-state index contributed by atoms with van der Waals surface area (Å²) in [6.07, 6.45) is 3.41. The Morgan fingerprint density at radius 1 is 1.29 bits per heavy atom. The highest BCUT2D eigenvalue weighted by atomic mass is 35.5. The van der Waals surface area contributed by atoms with Crippen molar-refractivity contribution in [1.82, 2.24) is 14.9 Å². The third-order valence-electron chi connectivity index (χ3n) is 3.47. The minimum absolute atomic E-state index is 0.124. The molecular weight excluding hydrogens is 286 g/mol. The molecule has 0 radical (unpaired) electrons. The van der Waals surface area contributed by atoms with E-state index in [9.17, 15) is 4.79 Å². The van der Waals surface area contributed by atoms with E-state index in [0.29, 0.717) is 17.3 Å². The molecule has 0 spiro atoms. The van der Waals surface area contributed by atoms with Crippen molar-refractivity contribution in [3.8, 4) is 0 Å². The highest BCUT2D eigenvalue weighted by Gasteiger charge is 2.14. The molecule has 0 aliphatic rings. The molecule has 0 saturated heterocycles. The number of benzene rings is 1. The Bertz CT molecular complexity index is 796. The molecule has 0 aliphatic carbocycles. The van der Waals surface area contributed by atoms with Gasteiger partial charge in [-0.3, -0.25) is 9.78 Å². The Labute approximate surface area is 127 Å². The van der Waals surface area contributed by atoms with Gasteiger partial charge in [-0.25, -0.2) is 0 Å². The number of nitrogens with zero attached hydrogens (tertiary/aromatic N) is 2. The fraction of sp³-hybridized carbons (Fsp3) is 0.125. The molecule has 1 aromatic carbocycles. The molecule has 21 heavy (non-hydrogen) atoms. The summed E-state index contributed by atoms with van der Waals surface area (Å²) in [5, 5.41) is 4.44. The first-order valence-electron chi connectivity index (χ1n) is 6.58. The van der Waals surface area contributed by atoms with Crippen LogP contribution >= 0.6 is 11.6 Å². The van der Waals surface area contributed by atoms with Crippen molar-refractivity contribution >= 4 is 28.4 Å². The molecule has 2 aromatic heterocycles. The summed E-state index contributed by atoms with van der Waals surface area (Å²) in [5.41, 5.74) is 2.54. The molecule has 1 N–H and O–H groups in total. The predicted octanol–water partition coefficient (Wildman–Crippen LogP) is 3.16. The number of carbonyl (C=O) groups is 1. The number of fused-ring (bicyclic) bond motifs is 1. The number of hydrogen-bond acceptors (Lipinski definition) is 2. The normalized spacial score (nSPS) is 10.8. The number of aryl methyl sites for hydroxylation is 1. The molecule has 2 heterocycles. The lowest BCUT2D eigenvalue weighted by atomic mass is 10.2. The van der Waals surface area contributed by atoms with E-state index < -0.39 is 0 Å². The number of hydrogen-bond donors (Lipinski definition) is 1. The smallest absolute Gasteiger partial charge is 0.268 e. The Balaban J connectivity index is 1.85. The van der Waals surface area contributed by atoms with Crippen LogP contribution < -0.4 is 5.32 Å². The zero-order chi connectivity index (χ0) is 14.8. The molecule has 5 heteroatoms. The molecule has 0 saturated carbocycles. The number of amides is 1. The van der Waals surface area contributed by atoms with Crippen LogP contribution in [0.5, 0.6) is 0 Å². The first-order valence-corrected chi connectivity index (χ1v) is 6.95. The topological polar surface area (TPSA) is 46.9 Å². The van der Waals surface area contributed by atoms with Crippen molar-refractivity contribution in [3.05, 3.63) is 65.1 Å². The van der Waals surface area contributed by atoms with E-state index >= 15 is 0 Å². The van der Waals surface area contributed by atoms with Crippen molar-refractivity contribution in [2.75, 3.05) is 0 Å². The van der Waals surface area contributed by atoms with Crippen LogP contribution in [0.4, 0.5) is 0 Å². The zero-order valence-electron chi connectivity index (χ0n) is 11.5. The standard InChI is InChI=1S/C16H14ClN3O/c1-20-14-4-2-3-13(17)12(14)9-15(20)16(21)19-10-11-5-7-18-8-6-11/h2-9H,10H2,1H3,(H,19,21). The summed E-state index contributed by atoms with van der Waals surface area (Å²) in [5.74, 6) is -0.124. The van der Waals surface area contributed by atoms with E-state index in [1.807, 2.05) is 48.0 Å². The van der Waals surface area contributed by atoms with Gasteiger partial charge in [0.05, 0.1) is 0 Å². The maximum atomic E-state index is 12.3. The Hall–Kier alpha value is -2.33. The number of rotatable bonds is 3. The molecule has 0 bridgehead atoms. The molecular formula is C16H14ClN3O. The molecule has 0 unspecified atom stereocenters. The van der Waals surface area contributed by atoms with Gasteiger partial charge >= 0.3 is 0 Å². The van der Waals surface area contributed by atoms with Crippen LogP contribution in [0.2, 0.25) is 5.02 Å². The Kier molecular flexibility index (Phi) is 3.62. The average Bonchev–Trinajstić information content (AvgIpc) is 2.85. The van der Waals surface area contributed by atoms with Gasteiger partial charge in [-0.15, -0.1) is 0 Å². The van der Waals surface area contributed by atoms with Crippen LogP contribution in [0.15, 0.2) is 48.8 Å². The van der Waals surface area contributed by atoms with E-state index in [4.69, 9.17) is 11.6 Å². The lowest BCUT2D eigenvalue weighted by Crippen LogP contribution is -2.24. The lowest BCUT2D eigenvalue weighted by molar-refractivity contribution is 0.0943. The van der Waals surface area contributed by atoms with E-state index in [1.165, 1.54) is 0 Å². The first-order chi connectivity index (χ1) is 10.2. The van der Waals surface area contributed by atoms with E-state index in [2.05, 4.69) is 10.3 Å². The second kappa shape index (κ2) is 5.58. The summed E-state index contributed by atoms with van der Waals surface area (Å²) in [6.45, 7) is 0.469. The lowest BCUT2D eigenvalue weighted by Gasteiger charge is -2.06. The quantitative estimate of drug-likeness (QED) is 0.807. The average molecular weight is 300 g/mol. The van der Waals surface area contributed by atoms with Gasteiger partial charge in [0.2, 0.25) is 0 Å². The summed E-state index contributed by atoms with van der Waals surface area (Å²) < 4.78 is 1.85. The van der Waals surface area contributed by atoms with Gasteiger partial charge < -0.3 is 9.88 Å². The largest absolute Gasteiger partial charge is 0.347 e. The molecule has 1 amide bonds. The van der Waals surface area contributed by atoms with Crippen molar-refractivity contribution in [2.45, 2.75) is 6.54 Å². The number of pyridine rings is 1. The molecule has 0 aliphatic heterocycles. The highest BCUT2D eigenvalue weighted by molar-refractivity contribution is 6.35. The maximum absolute atomic E-state index is 12.3. The van der Waals surface area contributed by atoms with Gasteiger partial charge in [-0.2, -0.15) is 0 Å². The van der Waals surface area contributed by atoms with E-state index in [0.717, 1.165) is 16.5 Å². The van der Waals surface area contributed by atoms with E-state index in [1.54, 1.807) is 12.4 Å². The SMILES string of the molecule is Cn1c(C(=O)NCc2ccncc2)cc2c(Cl)cccc21. The second-order valence-electron chi connectivity index (χ2n) is 4.80. The van der Waals surface area contributed by atoms with Crippen molar-refractivity contribution < 1.29 is 4.79 Å². The molecule has 3 rings (SSSR count). The fourth-order valence-corrected chi connectivity index (χ4v) is 2.54. The Morgan fingerprint density at radius 2 is 2.05 bits per heavy atom. The summed E-state index contributed by atoms with van der Waals surface area (Å²) in [4.78, 5) is 16.3. The summed E-state index contributed by atoms with van der Waals surface area (Å²) in [6, 6.07) is 11.2. The Morgan fingerprint density at radius 3 is 2.76 bits per heavy atom. The van der Waals surface area contributed by atoms with Crippen LogP contribution in [0.3, 0.4) is 0 Å². The highest BCUT2D eigenvalue weighted by Crippen LogP contribution is 2.26. The van der Waals surface area contributed by atoms with Gasteiger partial charge in [0.15, 0.2) is 0 Å². The second-order valence-corrected chi connectivity index (χ2v) is 5.21. The minimum Gasteiger partial charge on any atom is -0.347 e. The predicted molar refractivity (Wildman–Crippen MR) is 83.3 cm³/mol. The first kappa shape index (κ1) is 13.6. The van der Waals surface area contributed by atoms with Crippen LogP contribution in [-0.2, 0) is 13.6 Å². The molecule has 4 nitrogen and oxygen atoms in total. The molecule has 0 fully saturated rings. The third-order valence-corrected chi connectivity index (χ3v) is 3.80. The van der Waals surface area contributed by atoms with Crippen molar-refractivity contribution in [3.63, 3.8) is 0 Å². The number of carbonyl (C=O) groups excluding carboxylic acids is 1. The van der Waals surface area contributed by atoms with Gasteiger partial charge in [0.25, 0.3) is 5.91 Å². The van der Waals surface area contributed by atoms with Gasteiger partial charge in [-0.05, 0) is 35.9 Å². The van der Waals surface area contributed by atoms with Crippen LogP contribution in [0, 0.1) is 0 Å².